The van der Waals surface area contributed by atoms with Crippen LogP contribution in [0.1, 0.15) is 129 Å². The number of carboxylic acid groups (broad SMARTS) is 1. The molecule has 168 valence electrons. The highest BCUT2D eigenvalue weighted by Crippen LogP contribution is 2.15. The van der Waals surface area contributed by atoms with E-state index in [-0.39, 0.29) is 0 Å². The lowest BCUT2D eigenvalue weighted by atomic mass is 10.1. The Labute approximate surface area is 180 Å². The third kappa shape index (κ3) is 25.6. The fourth-order valence-electron chi connectivity index (χ4n) is 3.56. The van der Waals surface area contributed by atoms with Gasteiger partial charge < -0.3 is 10.4 Å². The van der Waals surface area contributed by atoms with E-state index in [4.69, 9.17) is 5.11 Å². The molecule has 0 saturated carbocycles. The van der Waals surface area contributed by atoms with Gasteiger partial charge in [-0.15, -0.1) is 0 Å². The van der Waals surface area contributed by atoms with Crippen molar-refractivity contribution in [3.63, 3.8) is 0 Å². The standard InChI is InChI=1S/C24H49NO2S/c1-2-3-4-5-6-10-13-16-19-22-28-23-20-17-14-11-8-7-9-12-15-18-21-25-24(26)27/h25H,2-23H2,1H3,(H,26,27). The van der Waals surface area contributed by atoms with Crippen molar-refractivity contribution in [2.75, 3.05) is 18.1 Å². The Morgan fingerprint density at radius 3 is 1.36 bits per heavy atom. The fraction of sp³-hybridized carbons (Fsp3) is 0.958. The Morgan fingerprint density at radius 1 is 0.607 bits per heavy atom. The number of thioether (sulfide) groups is 1. The molecule has 0 aliphatic rings. The summed E-state index contributed by atoms with van der Waals surface area (Å²) in [5, 5.41) is 10.9. The van der Waals surface area contributed by atoms with E-state index in [0.717, 1.165) is 12.8 Å². The van der Waals surface area contributed by atoms with Crippen LogP contribution in [0.15, 0.2) is 0 Å². The first-order chi connectivity index (χ1) is 13.8. The summed E-state index contributed by atoms with van der Waals surface area (Å²) in [5.74, 6) is 2.74. The highest BCUT2D eigenvalue weighted by Gasteiger charge is 1.96. The molecule has 0 aromatic rings. The minimum atomic E-state index is -0.901. The average molecular weight is 416 g/mol. The summed E-state index contributed by atoms with van der Waals surface area (Å²) in [7, 11) is 0. The molecule has 0 aromatic heterocycles. The minimum Gasteiger partial charge on any atom is -0.465 e. The number of carbonyl (C=O) groups is 1. The molecule has 0 aromatic carbocycles. The van der Waals surface area contributed by atoms with Crippen LogP contribution in [0.4, 0.5) is 4.79 Å². The Morgan fingerprint density at radius 2 is 0.964 bits per heavy atom. The number of hydrogen-bond donors (Lipinski definition) is 2. The smallest absolute Gasteiger partial charge is 0.404 e. The van der Waals surface area contributed by atoms with Crippen molar-refractivity contribution in [3.8, 4) is 0 Å². The van der Waals surface area contributed by atoms with Crippen LogP contribution in [0.25, 0.3) is 0 Å². The van der Waals surface area contributed by atoms with E-state index in [0.29, 0.717) is 6.54 Å². The van der Waals surface area contributed by atoms with Crippen molar-refractivity contribution in [3.05, 3.63) is 0 Å². The molecule has 0 aliphatic carbocycles. The summed E-state index contributed by atoms with van der Waals surface area (Å²) in [4.78, 5) is 10.3. The zero-order chi connectivity index (χ0) is 20.5. The Hall–Kier alpha value is -0.380. The van der Waals surface area contributed by atoms with Crippen LogP contribution in [0.3, 0.4) is 0 Å². The molecular weight excluding hydrogens is 366 g/mol. The van der Waals surface area contributed by atoms with E-state index in [1.807, 2.05) is 0 Å². The summed E-state index contributed by atoms with van der Waals surface area (Å²) in [6, 6.07) is 0. The first-order valence-electron chi connectivity index (χ1n) is 12.3. The van der Waals surface area contributed by atoms with E-state index in [9.17, 15) is 4.79 Å². The van der Waals surface area contributed by atoms with Gasteiger partial charge in [-0.3, -0.25) is 0 Å². The summed E-state index contributed by atoms with van der Waals surface area (Å²) in [5.41, 5.74) is 0. The van der Waals surface area contributed by atoms with Crippen molar-refractivity contribution < 1.29 is 9.90 Å². The number of amides is 1. The predicted octanol–water partition coefficient (Wildman–Crippen LogP) is 8.42. The highest BCUT2D eigenvalue weighted by molar-refractivity contribution is 7.99. The Kier molecular flexibility index (Phi) is 24.3. The number of hydrogen-bond acceptors (Lipinski definition) is 2. The molecule has 0 unspecified atom stereocenters. The van der Waals surface area contributed by atoms with Crippen LogP contribution in [0.2, 0.25) is 0 Å². The molecule has 3 nitrogen and oxygen atoms in total. The molecule has 0 bridgehead atoms. The van der Waals surface area contributed by atoms with Crippen LogP contribution >= 0.6 is 11.8 Å². The van der Waals surface area contributed by atoms with Gasteiger partial charge in [-0.25, -0.2) is 4.79 Å². The molecule has 0 spiro atoms. The van der Waals surface area contributed by atoms with Gasteiger partial charge in [0.1, 0.15) is 0 Å². The molecule has 0 radical (unpaired) electrons. The molecule has 2 N–H and O–H groups in total. The lowest BCUT2D eigenvalue weighted by Gasteiger charge is -2.04. The topological polar surface area (TPSA) is 49.3 Å². The minimum absolute atomic E-state index is 0.604. The van der Waals surface area contributed by atoms with Crippen molar-refractivity contribution in [1.82, 2.24) is 5.32 Å². The van der Waals surface area contributed by atoms with Gasteiger partial charge >= 0.3 is 6.09 Å². The molecule has 0 fully saturated rings. The number of unbranched alkanes of at least 4 members (excludes halogenated alkanes) is 17. The van der Waals surface area contributed by atoms with E-state index in [2.05, 4.69) is 24.0 Å². The van der Waals surface area contributed by atoms with Crippen molar-refractivity contribution in [1.29, 1.82) is 0 Å². The van der Waals surface area contributed by atoms with E-state index < -0.39 is 6.09 Å². The Balaban J connectivity index is 2.99. The van der Waals surface area contributed by atoms with Crippen molar-refractivity contribution in [2.45, 2.75) is 129 Å². The maximum absolute atomic E-state index is 10.3. The van der Waals surface area contributed by atoms with Crippen LogP contribution < -0.4 is 5.32 Å². The van der Waals surface area contributed by atoms with Crippen LogP contribution in [0, 0.1) is 0 Å². The quantitative estimate of drug-likeness (QED) is 0.165. The van der Waals surface area contributed by atoms with Crippen molar-refractivity contribution in [2.24, 2.45) is 0 Å². The van der Waals surface area contributed by atoms with Gasteiger partial charge in [0.25, 0.3) is 0 Å². The van der Waals surface area contributed by atoms with Gasteiger partial charge in [-0.2, -0.15) is 11.8 Å². The van der Waals surface area contributed by atoms with Gasteiger partial charge in [0.15, 0.2) is 0 Å². The van der Waals surface area contributed by atoms with Crippen LogP contribution in [0.5, 0.6) is 0 Å². The predicted molar refractivity (Wildman–Crippen MR) is 127 cm³/mol. The lowest BCUT2D eigenvalue weighted by molar-refractivity contribution is 0.194. The molecule has 0 rings (SSSR count). The summed E-state index contributed by atoms with van der Waals surface area (Å²) in [6.45, 7) is 2.89. The highest BCUT2D eigenvalue weighted by atomic mass is 32.2. The molecule has 0 atom stereocenters. The fourth-order valence-corrected chi connectivity index (χ4v) is 4.58. The molecular formula is C24H49NO2S. The monoisotopic (exact) mass is 415 g/mol. The van der Waals surface area contributed by atoms with Crippen LogP contribution in [-0.4, -0.2) is 29.3 Å². The molecule has 0 aliphatic heterocycles. The van der Waals surface area contributed by atoms with E-state index in [1.54, 1.807) is 0 Å². The third-order valence-corrected chi connectivity index (χ3v) is 6.54. The van der Waals surface area contributed by atoms with Gasteiger partial charge in [0.2, 0.25) is 0 Å². The molecule has 1 amide bonds. The van der Waals surface area contributed by atoms with Gasteiger partial charge in [-0.1, -0.05) is 110 Å². The first-order valence-corrected chi connectivity index (χ1v) is 13.5. The maximum atomic E-state index is 10.3. The second-order valence-corrected chi connectivity index (χ2v) is 9.43. The summed E-state index contributed by atoms with van der Waals surface area (Å²) in [6.07, 6.45) is 25.0. The van der Waals surface area contributed by atoms with Gasteiger partial charge in [-0.05, 0) is 30.8 Å². The van der Waals surface area contributed by atoms with Gasteiger partial charge in [0, 0.05) is 6.54 Å². The lowest BCUT2D eigenvalue weighted by Crippen LogP contribution is -2.21. The molecule has 0 heterocycles. The molecule has 0 saturated heterocycles. The summed E-state index contributed by atoms with van der Waals surface area (Å²) < 4.78 is 0. The van der Waals surface area contributed by atoms with Crippen LogP contribution in [-0.2, 0) is 0 Å². The SMILES string of the molecule is CCCCCCCCCCCSCCCCCCCCCCCCNC(=O)O. The maximum Gasteiger partial charge on any atom is 0.404 e. The Bertz CT molecular complexity index is 313. The normalized spacial score (nSPS) is 11.0. The summed E-state index contributed by atoms with van der Waals surface area (Å²) >= 11 is 2.17. The van der Waals surface area contributed by atoms with Crippen molar-refractivity contribution >= 4 is 17.9 Å². The second-order valence-electron chi connectivity index (χ2n) is 8.21. The molecule has 4 heteroatoms. The van der Waals surface area contributed by atoms with Gasteiger partial charge in [0.05, 0.1) is 0 Å². The average Bonchev–Trinajstić information content (AvgIpc) is 2.68. The van der Waals surface area contributed by atoms with E-state index in [1.165, 1.54) is 121 Å². The second kappa shape index (κ2) is 24.7. The largest absolute Gasteiger partial charge is 0.465 e. The first kappa shape index (κ1) is 27.6. The number of rotatable bonds is 23. The van der Waals surface area contributed by atoms with E-state index >= 15 is 0 Å². The third-order valence-electron chi connectivity index (χ3n) is 5.38. The zero-order valence-electron chi connectivity index (χ0n) is 18.8. The molecule has 28 heavy (non-hydrogen) atoms. The zero-order valence-corrected chi connectivity index (χ0v) is 19.6. The number of nitrogens with one attached hydrogen (secondary N) is 1.